The molecule has 0 aromatic heterocycles. The number of rotatable bonds is 5. The zero-order chi connectivity index (χ0) is 12.1. The maximum Gasteiger partial charge on any atom is 0.119 e. The molecule has 17 heavy (non-hydrogen) atoms. The van der Waals surface area contributed by atoms with Crippen LogP contribution in [0.5, 0.6) is 5.75 Å². The van der Waals surface area contributed by atoms with Crippen LogP contribution in [-0.4, -0.2) is 11.7 Å². The maximum absolute atomic E-state index is 10.2. The van der Waals surface area contributed by atoms with Crippen LogP contribution in [0.15, 0.2) is 24.3 Å². The van der Waals surface area contributed by atoms with E-state index in [0.717, 1.165) is 23.7 Å². The molecule has 0 aliphatic heterocycles. The van der Waals surface area contributed by atoms with Gasteiger partial charge in [-0.3, -0.25) is 0 Å². The van der Waals surface area contributed by atoms with Crippen LogP contribution in [-0.2, 0) is 0 Å². The fourth-order valence-corrected chi connectivity index (χ4v) is 2.65. The van der Waals surface area contributed by atoms with E-state index < -0.39 is 0 Å². The molecule has 1 aromatic carbocycles. The lowest BCUT2D eigenvalue weighted by atomic mass is 9.96. The molecule has 94 valence electrons. The number of hydrogen-bond acceptors (Lipinski definition) is 2. The van der Waals surface area contributed by atoms with Crippen molar-refractivity contribution in [2.24, 2.45) is 5.92 Å². The van der Waals surface area contributed by atoms with E-state index >= 15 is 0 Å². The molecule has 1 aliphatic carbocycles. The standard InChI is InChI=1S/C15H22O2/c1-2-17-14-9-7-13(8-10-14)15(16)11-12-5-3-4-6-12/h7-10,12,15-16H,2-6,11H2,1H3. The van der Waals surface area contributed by atoms with Gasteiger partial charge in [-0.1, -0.05) is 37.8 Å². The molecule has 1 atom stereocenters. The Labute approximate surface area is 104 Å². The topological polar surface area (TPSA) is 29.5 Å². The second-order valence-corrected chi connectivity index (χ2v) is 4.90. The van der Waals surface area contributed by atoms with Gasteiger partial charge in [0, 0.05) is 0 Å². The molecular formula is C15H22O2. The molecule has 2 nitrogen and oxygen atoms in total. The van der Waals surface area contributed by atoms with Gasteiger partial charge < -0.3 is 9.84 Å². The highest BCUT2D eigenvalue weighted by Crippen LogP contribution is 2.33. The van der Waals surface area contributed by atoms with Gasteiger partial charge >= 0.3 is 0 Å². The number of ether oxygens (including phenoxy) is 1. The van der Waals surface area contributed by atoms with Crippen LogP contribution in [0, 0.1) is 5.92 Å². The second kappa shape index (κ2) is 6.06. The van der Waals surface area contributed by atoms with Crippen molar-refractivity contribution >= 4 is 0 Å². The van der Waals surface area contributed by atoms with Gasteiger partial charge in [0.1, 0.15) is 5.75 Å². The Morgan fingerprint density at radius 1 is 1.24 bits per heavy atom. The van der Waals surface area contributed by atoms with Crippen molar-refractivity contribution < 1.29 is 9.84 Å². The van der Waals surface area contributed by atoms with Gasteiger partial charge in [0.15, 0.2) is 0 Å². The number of benzene rings is 1. The Hall–Kier alpha value is -1.02. The van der Waals surface area contributed by atoms with E-state index in [2.05, 4.69) is 0 Å². The van der Waals surface area contributed by atoms with Crippen molar-refractivity contribution in [3.05, 3.63) is 29.8 Å². The van der Waals surface area contributed by atoms with Gasteiger partial charge in [-0.15, -0.1) is 0 Å². The van der Waals surface area contributed by atoms with Gasteiger partial charge in [0.25, 0.3) is 0 Å². The van der Waals surface area contributed by atoms with Crippen molar-refractivity contribution in [1.82, 2.24) is 0 Å². The Kier molecular flexibility index (Phi) is 4.43. The zero-order valence-corrected chi connectivity index (χ0v) is 10.6. The predicted molar refractivity (Wildman–Crippen MR) is 69.1 cm³/mol. The fraction of sp³-hybridized carbons (Fsp3) is 0.600. The summed E-state index contributed by atoms with van der Waals surface area (Å²) in [6.07, 6.45) is 5.84. The van der Waals surface area contributed by atoms with E-state index in [1.165, 1.54) is 25.7 Å². The third kappa shape index (κ3) is 3.47. The Bertz CT molecular complexity index is 325. The van der Waals surface area contributed by atoms with Crippen molar-refractivity contribution in [3.8, 4) is 5.75 Å². The zero-order valence-electron chi connectivity index (χ0n) is 10.6. The summed E-state index contributed by atoms with van der Waals surface area (Å²) < 4.78 is 5.39. The first-order valence-corrected chi connectivity index (χ1v) is 6.70. The van der Waals surface area contributed by atoms with Crippen LogP contribution in [0.1, 0.15) is 50.7 Å². The Balaban J connectivity index is 1.91. The van der Waals surface area contributed by atoms with E-state index in [4.69, 9.17) is 4.74 Å². The summed E-state index contributed by atoms with van der Waals surface area (Å²) in [6, 6.07) is 7.84. The normalized spacial score (nSPS) is 18.2. The SMILES string of the molecule is CCOc1ccc(C(O)CC2CCCC2)cc1. The van der Waals surface area contributed by atoms with Gasteiger partial charge in [0.2, 0.25) is 0 Å². The summed E-state index contributed by atoms with van der Waals surface area (Å²) in [7, 11) is 0. The minimum Gasteiger partial charge on any atom is -0.494 e. The highest BCUT2D eigenvalue weighted by atomic mass is 16.5. The molecule has 0 saturated heterocycles. The van der Waals surface area contributed by atoms with Crippen molar-refractivity contribution in [2.45, 2.75) is 45.1 Å². The van der Waals surface area contributed by atoms with Crippen LogP contribution < -0.4 is 4.74 Å². The predicted octanol–water partition coefficient (Wildman–Crippen LogP) is 3.70. The van der Waals surface area contributed by atoms with Crippen LogP contribution in [0.2, 0.25) is 0 Å². The summed E-state index contributed by atoms with van der Waals surface area (Å²) in [6.45, 7) is 2.66. The molecule has 0 radical (unpaired) electrons. The number of aliphatic hydroxyl groups is 1. The maximum atomic E-state index is 10.2. The molecule has 2 heteroatoms. The summed E-state index contributed by atoms with van der Waals surface area (Å²) in [5.41, 5.74) is 1.01. The monoisotopic (exact) mass is 234 g/mol. The molecule has 0 heterocycles. The van der Waals surface area contributed by atoms with Crippen LogP contribution in [0.3, 0.4) is 0 Å². The lowest BCUT2D eigenvalue weighted by Crippen LogP contribution is -2.04. The Morgan fingerprint density at radius 3 is 2.47 bits per heavy atom. The molecule has 0 amide bonds. The van der Waals surface area contributed by atoms with Gasteiger partial charge in [-0.05, 0) is 37.0 Å². The third-order valence-electron chi connectivity index (χ3n) is 3.61. The van der Waals surface area contributed by atoms with Crippen LogP contribution in [0.25, 0.3) is 0 Å². The van der Waals surface area contributed by atoms with Crippen molar-refractivity contribution in [1.29, 1.82) is 0 Å². The van der Waals surface area contributed by atoms with Crippen molar-refractivity contribution in [2.75, 3.05) is 6.61 Å². The largest absolute Gasteiger partial charge is 0.494 e. The average Bonchev–Trinajstić information content (AvgIpc) is 2.83. The average molecular weight is 234 g/mol. The molecule has 0 spiro atoms. The first kappa shape index (κ1) is 12.4. The molecule has 1 fully saturated rings. The fourth-order valence-electron chi connectivity index (χ4n) is 2.65. The van der Waals surface area contributed by atoms with Crippen LogP contribution >= 0.6 is 0 Å². The smallest absolute Gasteiger partial charge is 0.119 e. The Morgan fingerprint density at radius 2 is 1.88 bits per heavy atom. The quantitative estimate of drug-likeness (QED) is 0.841. The molecule has 1 unspecified atom stereocenters. The molecular weight excluding hydrogens is 212 g/mol. The minimum absolute atomic E-state index is 0.311. The van der Waals surface area contributed by atoms with Crippen molar-refractivity contribution in [3.63, 3.8) is 0 Å². The molecule has 0 bridgehead atoms. The summed E-state index contributed by atoms with van der Waals surface area (Å²) in [5.74, 6) is 1.60. The highest BCUT2D eigenvalue weighted by Gasteiger charge is 2.19. The molecule has 2 rings (SSSR count). The van der Waals surface area contributed by atoms with E-state index in [9.17, 15) is 5.11 Å². The van der Waals surface area contributed by atoms with Gasteiger partial charge in [-0.25, -0.2) is 0 Å². The van der Waals surface area contributed by atoms with E-state index in [1.54, 1.807) is 0 Å². The van der Waals surface area contributed by atoms with Gasteiger partial charge in [0.05, 0.1) is 12.7 Å². The number of aliphatic hydroxyl groups excluding tert-OH is 1. The minimum atomic E-state index is -0.311. The summed E-state index contributed by atoms with van der Waals surface area (Å²) >= 11 is 0. The summed E-state index contributed by atoms with van der Waals surface area (Å²) in [4.78, 5) is 0. The van der Waals surface area contributed by atoms with E-state index in [1.807, 2.05) is 31.2 Å². The van der Waals surface area contributed by atoms with E-state index in [0.29, 0.717) is 6.61 Å². The second-order valence-electron chi connectivity index (χ2n) is 4.90. The first-order chi connectivity index (χ1) is 8.29. The first-order valence-electron chi connectivity index (χ1n) is 6.70. The van der Waals surface area contributed by atoms with E-state index in [-0.39, 0.29) is 6.10 Å². The van der Waals surface area contributed by atoms with Crippen LogP contribution in [0.4, 0.5) is 0 Å². The lowest BCUT2D eigenvalue weighted by Gasteiger charge is -2.16. The third-order valence-corrected chi connectivity index (χ3v) is 3.61. The van der Waals surface area contributed by atoms with Gasteiger partial charge in [-0.2, -0.15) is 0 Å². The number of hydrogen-bond donors (Lipinski definition) is 1. The lowest BCUT2D eigenvalue weighted by molar-refractivity contribution is 0.145. The molecule has 1 aliphatic rings. The molecule has 1 N–H and O–H groups in total. The molecule has 1 saturated carbocycles. The summed E-state index contributed by atoms with van der Waals surface area (Å²) in [5, 5.41) is 10.2. The highest BCUT2D eigenvalue weighted by molar-refractivity contribution is 5.28. The molecule has 1 aromatic rings.